The van der Waals surface area contributed by atoms with Gasteiger partial charge in [-0.2, -0.15) is 0 Å². The highest BCUT2D eigenvalue weighted by Gasteiger charge is 2.51. The van der Waals surface area contributed by atoms with E-state index in [2.05, 4.69) is 132 Å². The van der Waals surface area contributed by atoms with E-state index in [-0.39, 0.29) is 5.84 Å². The summed E-state index contributed by atoms with van der Waals surface area (Å²) >= 11 is 0. The van der Waals surface area contributed by atoms with Gasteiger partial charge in [0.25, 0.3) is 0 Å². The van der Waals surface area contributed by atoms with Crippen molar-refractivity contribution >= 4 is 16.6 Å². The van der Waals surface area contributed by atoms with Gasteiger partial charge in [-0.3, -0.25) is 5.41 Å². The molecule has 0 radical (unpaired) electrons. The van der Waals surface area contributed by atoms with Crippen molar-refractivity contribution in [2.45, 2.75) is 5.41 Å². The highest BCUT2D eigenvalue weighted by atomic mass is 16.5. The Morgan fingerprint density at radius 2 is 1.16 bits per heavy atom. The number of nitrogens with one attached hydrogen (secondary N) is 2. The predicted molar refractivity (Wildman–Crippen MR) is 205 cm³/mol. The minimum atomic E-state index is -0.639. The molecule has 2 aliphatic rings. The van der Waals surface area contributed by atoms with Gasteiger partial charge in [0.15, 0.2) is 5.84 Å². The molecule has 1 aromatic heterocycles. The van der Waals surface area contributed by atoms with Gasteiger partial charge in [0, 0.05) is 22.3 Å². The summed E-state index contributed by atoms with van der Waals surface area (Å²) in [5, 5.41) is 11.8. The van der Waals surface area contributed by atoms with Crippen LogP contribution in [0.4, 0.5) is 0 Å². The van der Waals surface area contributed by atoms with Crippen LogP contribution in [0.1, 0.15) is 27.8 Å². The van der Waals surface area contributed by atoms with E-state index < -0.39 is 5.41 Å². The fourth-order valence-corrected chi connectivity index (χ4v) is 8.24. The Balaban J connectivity index is 1.19. The van der Waals surface area contributed by atoms with E-state index in [4.69, 9.17) is 9.73 Å². The molecule has 4 heteroatoms. The molecule has 8 aromatic rings. The Kier molecular flexibility index (Phi) is 6.52. The zero-order valence-corrected chi connectivity index (χ0v) is 27.6. The maximum absolute atomic E-state index is 9.40. The van der Waals surface area contributed by atoms with Gasteiger partial charge in [0.2, 0.25) is 0 Å². The van der Waals surface area contributed by atoms with Crippen molar-refractivity contribution in [1.82, 2.24) is 4.98 Å². The van der Waals surface area contributed by atoms with Crippen LogP contribution in [0.15, 0.2) is 181 Å². The number of amidine groups is 1. The van der Waals surface area contributed by atoms with E-state index in [1.807, 2.05) is 48.5 Å². The summed E-state index contributed by atoms with van der Waals surface area (Å²) in [4.78, 5) is 8.47. The number of ether oxygens (including phenoxy) is 1. The summed E-state index contributed by atoms with van der Waals surface area (Å²) in [5.41, 5.74) is 11.9. The Labute approximate surface area is 295 Å². The smallest absolute Gasteiger partial charge is 0.154 e. The Morgan fingerprint density at radius 3 is 1.90 bits per heavy atom. The SMILES string of the molecule is N=C(/N=c1/ccc(-c2ccccc2)c(-c2ccccc2)[nH]1)c1ccc2c(c1)C1(c3ccccc3Oc3ccccc31)c1ccc3ccccc3c1-2. The van der Waals surface area contributed by atoms with Crippen LogP contribution in [0.25, 0.3) is 44.3 Å². The third-order valence-corrected chi connectivity index (χ3v) is 10.4. The van der Waals surface area contributed by atoms with Gasteiger partial charge < -0.3 is 9.72 Å². The minimum Gasteiger partial charge on any atom is -0.457 e. The number of H-pyrrole nitrogens is 1. The molecule has 1 aliphatic carbocycles. The summed E-state index contributed by atoms with van der Waals surface area (Å²) in [6.07, 6.45) is 0. The zero-order chi connectivity index (χ0) is 33.9. The molecule has 0 bridgehead atoms. The first kappa shape index (κ1) is 29.2. The number of para-hydroxylation sites is 2. The first-order valence-electron chi connectivity index (χ1n) is 17.2. The van der Waals surface area contributed by atoms with Gasteiger partial charge in [-0.05, 0) is 74.5 Å². The monoisotopic (exact) mass is 653 g/mol. The Bertz CT molecular complexity index is 2700. The number of fused-ring (bicyclic) bond motifs is 11. The number of hydrogen-bond donors (Lipinski definition) is 2. The van der Waals surface area contributed by atoms with Gasteiger partial charge in [0.1, 0.15) is 17.0 Å². The molecule has 0 saturated carbocycles. The molecule has 0 saturated heterocycles. The van der Waals surface area contributed by atoms with Crippen LogP contribution in [-0.4, -0.2) is 10.8 Å². The average molecular weight is 654 g/mol. The van der Waals surface area contributed by atoms with E-state index in [1.54, 1.807) is 0 Å². The molecule has 51 heavy (non-hydrogen) atoms. The lowest BCUT2D eigenvalue weighted by atomic mass is 9.66. The van der Waals surface area contributed by atoms with Crippen molar-refractivity contribution in [1.29, 1.82) is 5.41 Å². The maximum atomic E-state index is 9.40. The van der Waals surface area contributed by atoms with Crippen molar-refractivity contribution < 1.29 is 4.74 Å². The van der Waals surface area contributed by atoms with Crippen LogP contribution < -0.4 is 10.2 Å². The number of aromatic nitrogens is 1. The quantitative estimate of drug-likeness (QED) is 0.145. The second kappa shape index (κ2) is 11.4. The zero-order valence-electron chi connectivity index (χ0n) is 27.6. The lowest BCUT2D eigenvalue weighted by molar-refractivity contribution is 0.436. The van der Waals surface area contributed by atoms with Crippen molar-refractivity contribution in [2.24, 2.45) is 4.99 Å². The van der Waals surface area contributed by atoms with Gasteiger partial charge in [-0.1, -0.05) is 146 Å². The normalized spacial score (nSPS) is 13.6. The molecule has 1 spiro atoms. The van der Waals surface area contributed by atoms with E-state index in [1.165, 1.54) is 21.9 Å². The van der Waals surface area contributed by atoms with Gasteiger partial charge >= 0.3 is 0 Å². The van der Waals surface area contributed by atoms with E-state index in [0.717, 1.165) is 61.7 Å². The molecule has 0 unspecified atom stereocenters. The lowest BCUT2D eigenvalue weighted by Crippen LogP contribution is -2.32. The fraction of sp³-hybridized carbons (Fsp3) is 0.0213. The molecular weight excluding hydrogens is 623 g/mol. The van der Waals surface area contributed by atoms with Gasteiger partial charge in [-0.15, -0.1) is 0 Å². The van der Waals surface area contributed by atoms with Crippen LogP contribution in [0.5, 0.6) is 11.5 Å². The van der Waals surface area contributed by atoms with Crippen LogP contribution >= 0.6 is 0 Å². The summed E-state index contributed by atoms with van der Waals surface area (Å²) in [6.45, 7) is 0. The third kappa shape index (κ3) is 4.40. The fourth-order valence-electron chi connectivity index (χ4n) is 8.24. The molecule has 0 amide bonds. The standard InChI is InChI=1S/C47H31N3O/c48-46(50-43-28-26-35(30-13-3-1-4-14-30)45(49-43)32-16-5-2-6-17-32)33-23-25-36-40(29-33)47(39-27-24-31-15-7-8-18-34(31)44(36)39)37-19-9-11-21-41(37)51-42-22-12-10-20-38(42)47/h1-29H,(H2,48,49,50). The van der Waals surface area contributed by atoms with Crippen molar-refractivity contribution in [3.63, 3.8) is 0 Å². The molecule has 0 fully saturated rings. The molecule has 2 N–H and O–H groups in total. The van der Waals surface area contributed by atoms with Gasteiger partial charge in [0.05, 0.1) is 11.1 Å². The topological polar surface area (TPSA) is 61.2 Å². The molecule has 240 valence electrons. The lowest BCUT2D eigenvalue weighted by Gasteiger charge is -2.39. The number of rotatable bonds is 3. The highest BCUT2D eigenvalue weighted by Crippen LogP contribution is 2.63. The van der Waals surface area contributed by atoms with Crippen LogP contribution in [-0.2, 0) is 5.41 Å². The highest BCUT2D eigenvalue weighted by molar-refractivity contribution is 6.06. The van der Waals surface area contributed by atoms with E-state index in [9.17, 15) is 5.41 Å². The summed E-state index contributed by atoms with van der Waals surface area (Å²) in [7, 11) is 0. The second-order valence-electron chi connectivity index (χ2n) is 13.1. The molecule has 7 aromatic carbocycles. The summed E-state index contributed by atoms with van der Waals surface area (Å²) in [6, 6.07) is 61.0. The van der Waals surface area contributed by atoms with Crippen molar-refractivity contribution in [2.75, 3.05) is 0 Å². The Hall–Kier alpha value is -6.78. The summed E-state index contributed by atoms with van der Waals surface area (Å²) in [5.74, 6) is 1.87. The van der Waals surface area contributed by atoms with Crippen molar-refractivity contribution in [3.05, 3.63) is 209 Å². The minimum absolute atomic E-state index is 0.185. The summed E-state index contributed by atoms with van der Waals surface area (Å²) < 4.78 is 6.56. The number of pyridine rings is 1. The predicted octanol–water partition coefficient (Wildman–Crippen LogP) is 10.9. The number of hydrogen-bond acceptors (Lipinski definition) is 2. The molecule has 4 nitrogen and oxygen atoms in total. The average Bonchev–Trinajstić information content (AvgIpc) is 3.49. The second-order valence-corrected chi connectivity index (χ2v) is 13.1. The molecule has 10 rings (SSSR count). The molecular formula is C47H31N3O. The molecule has 0 atom stereocenters. The van der Waals surface area contributed by atoms with Crippen LogP contribution in [0.3, 0.4) is 0 Å². The largest absolute Gasteiger partial charge is 0.457 e. The van der Waals surface area contributed by atoms with Crippen molar-refractivity contribution in [3.8, 4) is 45.0 Å². The number of nitrogens with zero attached hydrogens (tertiary/aromatic N) is 1. The van der Waals surface area contributed by atoms with E-state index in [0.29, 0.717) is 5.49 Å². The number of benzene rings is 7. The Morgan fingerprint density at radius 1 is 0.529 bits per heavy atom. The third-order valence-electron chi connectivity index (χ3n) is 10.4. The number of aromatic amines is 1. The first-order valence-corrected chi connectivity index (χ1v) is 17.2. The van der Waals surface area contributed by atoms with Gasteiger partial charge in [-0.25, -0.2) is 4.99 Å². The molecule has 1 aliphatic heterocycles. The van der Waals surface area contributed by atoms with Crippen LogP contribution in [0.2, 0.25) is 0 Å². The first-order chi connectivity index (χ1) is 25.2. The molecule has 2 heterocycles. The maximum Gasteiger partial charge on any atom is 0.154 e. The van der Waals surface area contributed by atoms with E-state index >= 15 is 0 Å². The van der Waals surface area contributed by atoms with Crippen LogP contribution in [0, 0.1) is 5.41 Å².